The number of nitrogens with zero attached hydrogens (tertiary/aromatic N) is 2. The van der Waals surface area contributed by atoms with Gasteiger partial charge in [0.1, 0.15) is 11.2 Å². The van der Waals surface area contributed by atoms with E-state index < -0.39 is 0 Å². The fourth-order valence-electron chi connectivity index (χ4n) is 8.23. The van der Waals surface area contributed by atoms with Crippen LogP contribution in [0.25, 0.3) is 99.2 Å². The Morgan fingerprint density at radius 3 is 1.32 bits per heavy atom. The van der Waals surface area contributed by atoms with Crippen LogP contribution in [0.3, 0.4) is 0 Å². The molecular formula is C49H30N2O2. The molecule has 0 radical (unpaired) electrons. The Hall–Kier alpha value is -7.17. The quantitative estimate of drug-likeness (QED) is 0.174. The van der Waals surface area contributed by atoms with Crippen LogP contribution in [0.2, 0.25) is 0 Å². The molecule has 53 heavy (non-hydrogen) atoms. The SMILES string of the molecule is O=c1c2ccc(-c3ccc4c(c3)c3ccccc3n4-c3ccccc3)cc2oc2ccc(-c3ccc4c(c3)c3ccccc3n4-c3ccccc3)cc12. The van der Waals surface area contributed by atoms with Gasteiger partial charge >= 0.3 is 0 Å². The van der Waals surface area contributed by atoms with Crippen LogP contribution in [-0.4, -0.2) is 9.13 Å². The van der Waals surface area contributed by atoms with Gasteiger partial charge in [-0.05, 0) is 107 Å². The fourth-order valence-corrected chi connectivity index (χ4v) is 8.23. The van der Waals surface area contributed by atoms with E-state index >= 15 is 0 Å². The molecule has 0 atom stereocenters. The van der Waals surface area contributed by atoms with Crippen LogP contribution in [0.15, 0.2) is 191 Å². The molecule has 248 valence electrons. The second kappa shape index (κ2) is 11.4. The molecule has 0 aliphatic heterocycles. The summed E-state index contributed by atoms with van der Waals surface area (Å²) in [5.41, 5.74) is 12.1. The third-order valence-electron chi connectivity index (χ3n) is 10.7. The zero-order valence-corrected chi connectivity index (χ0v) is 28.5. The molecule has 0 saturated carbocycles. The molecule has 11 aromatic rings. The molecule has 0 N–H and O–H groups in total. The maximum absolute atomic E-state index is 14.1. The van der Waals surface area contributed by atoms with Gasteiger partial charge in [-0.2, -0.15) is 0 Å². The molecule has 0 amide bonds. The third-order valence-corrected chi connectivity index (χ3v) is 10.7. The zero-order chi connectivity index (χ0) is 35.0. The molecule has 8 aromatic carbocycles. The van der Waals surface area contributed by atoms with E-state index in [2.05, 4.69) is 149 Å². The minimum absolute atomic E-state index is 0.0298. The van der Waals surface area contributed by atoms with Crippen molar-refractivity contribution in [2.45, 2.75) is 0 Å². The average Bonchev–Trinajstić information content (AvgIpc) is 3.73. The lowest BCUT2D eigenvalue weighted by molar-refractivity contribution is 0.660. The van der Waals surface area contributed by atoms with E-state index in [0.29, 0.717) is 21.9 Å². The summed E-state index contributed by atoms with van der Waals surface area (Å²) in [6.07, 6.45) is 0. The molecule has 4 nitrogen and oxygen atoms in total. The van der Waals surface area contributed by atoms with Crippen LogP contribution < -0.4 is 5.43 Å². The van der Waals surface area contributed by atoms with Crippen LogP contribution in [0.5, 0.6) is 0 Å². The van der Waals surface area contributed by atoms with Gasteiger partial charge in [0.25, 0.3) is 0 Å². The number of aromatic nitrogens is 2. The van der Waals surface area contributed by atoms with Gasteiger partial charge < -0.3 is 13.6 Å². The lowest BCUT2D eigenvalue weighted by atomic mass is 9.99. The Bertz CT molecular complexity index is 3300. The van der Waals surface area contributed by atoms with E-state index in [1.54, 1.807) is 0 Å². The largest absolute Gasteiger partial charge is 0.456 e. The first-order valence-corrected chi connectivity index (χ1v) is 17.9. The van der Waals surface area contributed by atoms with Gasteiger partial charge in [-0.1, -0.05) is 97.1 Å². The van der Waals surface area contributed by atoms with Crippen molar-refractivity contribution < 1.29 is 4.42 Å². The van der Waals surface area contributed by atoms with Gasteiger partial charge in [0.15, 0.2) is 0 Å². The molecule has 4 heteroatoms. The van der Waals surface area contributed by atoms with Crippen molar-refractivity contribution in [3.05, 3.63) is 192 Å². The highest BCUT2D eigenvalue weighted by atomic mass is 16.3. The van der Waals surface area contributed by atoms with E-state index in [4.69, 9.17) is 4.42 Å². The number of para-hydroxylation sites is 4. The molecule has 0 spiro atoms. The van der Waals surface area contributed by atoms with Crippen molar-refractivity contribution in [2.24, 2.45) is 0 Å². The van der Waals surface area contributed by atoms with Gasteiger partial charge in [0.05, 0.1) is 32.8 Å². The van der Waals surface area contributed by atoms with Crippen molar-refractivity contribution in [3.8, 4) is 33.6 Å². The highest BCUT2D eigenvalue weighted by Crippen LogP contribution is 2.37. The Kier molecular flexibility index (Phi) is 6.37. The topological polar surface area (TPSA) is 40.1 Å². The van der Waals surface area contributed by atoms with Gasteiger partial charge in [-0.25, -0.2) is 0 Å². The lowest BCUT2D eigenvalue weighted by Gasteiger charge is -2.09. The maximum atomic E-state index is 14.1. The van der Waals surface area contributed by atoms with Gasteiger partial charge in [-0.15, -0.1) is 0 Å². The summed E-state index contributed by atoms with van der Waals surface area (Å²) >= 11 is 0. The summed E-state index contributed by atoms with van der Waals surface area (Å²) in [6.45, 7) is 0. The van der Waals surface area contributed by atoms with Crippen LogP contribution in [0.4, 0.5) is 0 Å². The van der Waals surface area contributed by atoms with Crippen LogP contribution in [0, 0.1) is 0 Å². The molecule has 0 aliphatic rings. The monoisotopic (exact) mass is 678 g/mol. The van der Waals surface area contributed by atoms with Gasteiger partial charge in [0.2, 0.25) is 5.43 Å². The summed E-state index contributed by atoms with van der Waals surface area (Å²) < 4.78 is 11.1. The molecule has 0 unspecified atom stereocenters. The van der Waals surface area contributed by atoms with Crippen molar-refractivity contribution in [1.82, 2.24) is 9.13 Å². The predicted molar refractivity (Wildman–Crippen MR) is 220 cm³/mol. The number of fused-ring (bicyclic) bond motifs is 8. The number of hydrogen-bond donors (Lipinski definition) is 0. The fraction of sp³-hybridized carbons (Fsp3) is 0. The summed E-state index contributed by atoms with van der Waals surface area (Å²) in [4.78, 5) is 14.1. The predicted octanol–water partition coefficient (Wildman–Crippen LogP) is 12.5. The first-order valence-electron chi connectivity index (χ1n) is 17.9. The Balaban J connectivity index is 1.01. The minimum Gasteiger partial charge on any atom is -0.456 e. The van der Waals surface area contributed by atoms with E-state index in [1.165, 1.54) is 27.1 Å². The normalized spacial score (nSPS) is 11.8. The summed E-state index contributed by atoms with van der Waals surface area (Å²) in [5.74, 6) is 0. The molecule has 0 bridgehead atoms. The van der Waals surface area contributed by atoms with Crippen molar-refractivity contribution in [2.75, 3.05) is 0 Å². The molecule has 0 fully saturated rings. The number of hydrogen-bond acceptors (Lipinski definition) is 2. The molecule has 3 aromatic heterocycles. The molecular weight excluding hydrogens is 649 g/mol. The summed E-state index contributed by atoms with van der Waals surface area (Å²) in [5, 5.41) is 5.88. The van der Waals surface area contributed by atoms with Crippen LogP contribution in [0.1, 0.15) is 0 Å². The van der Waals surface area contributed by atoms with Gasteiger partial charge in [0, 0.05) is 32.9 Å². The van der Waals surface area contributed by atoms with Crippen LogP contribution in [-0.2, 0) is 0 Å². The van der Waals surface area contributed by atoms with E-state index in [1.807, 2.05) is 42.5 Å². The van der Waals surface area contributed by atoms with Crippen molar-refractivity contribution in [1.29, 1.82) is 0 Å². The Morgan fingerprint density at radius 2 is 0.755 bits per heavy atom. The number of rotatable bonds is 4. The zero-order valence-electron chi connectivity index (χ0n) is 28.5. The van der Waals surface area contributed by atoms with E-state index in [9.17, 15) is 4.79 Å². The average molecular weight is 679 g/mol. The lowest BCUT2D eigenvalue weighted by Crippen LogP contribution is -2.02. The first kappa shape index (κ1) is 29.5. The molecule has 11 rings (SSSR count). The van der Waals surface area contributed by atoms with Crippen molar-refractivity contribution >= 4 is 65.6 Å². The van der Waals surface area contributed by atoms with E-state index in [0.717, 1.165) is 50.2 Å². The van der Waals surface area contributed by atoms with E-state index in [-0.39, 0.29) is 5.43 Å². The minimum atomic E-state index is -0.0298. The van der Waals surface area contributed by atoms with Gasteiger partial charge in [-0.3, -0.25) is 4.79 Å². The Labute approximate surface area is 304 Å². The first-order chi connectivity index (χ1) is 26.2. The van der Waals surface area contributed by atoms with Crippen LogP contribution >= 0.6 is 0 Å². The second-order valence-electron chi connectivity index (χ2n) is 13.7. The molecule has 3 heterocycles. The second-order valence-corrected chi connectivity index (χ2v) is 13.7. The Morgan fingerprint density at radius 1 is 0.321 bits per heavy atom. The summed E-state index contributed by atoms with van der Waals surface area (Å²) in [6, 6.07) is 63.0. The molecule has 0 saturated heterocycles. The highest BCUT2D eigenvalue weighted by molar-refractivity contribution is 6.12. The maximum Gasteiger partial charge on any atom is 0.200 e. The third kappa shape index (κ3) is 4.52. The molecule has 0 aliphatic carbocycles. The summed E-state index contributed by atoms with van der Waals surface area (Å²) in [7, 11) is 0. The standard InChI is InChI=1S/C49H30N2O2/c52-49-39-23-19-34(32-21-25-46-41(28-32)38-16-8-10-18-44(38)51(46)36-13-5-2-6-14-36)30-48(39)53-47-26-22-33(29-42(47)49)31-20-24-45-40(27-31)37-15-7-9-17-43(37)50(45)35-11-3-1-4-12-35/h1-30H. The smallest absolute Gasteiger partial charge is 0.200 e. The highest BCUT2D eigenvalue weighted by Gasteiger charge is 2.16. The van der Waals surface area contributed by atoms with Crippen molar-refractivity contribution in [3.63, 3.8) is 0 Å². The number of benzene rings is 8.